The van der Waals surface area contributed by atoms with Gasteiger partial charge >= 0.3 is 5.91 Å². The second kappa shape index (κ2) is 6.50. The molecule has 0 bridgehead atoms. The number of amides is 1. The Morgan fingerprint density at radius 1 is 1.19 bits per heavy atom. The molecule has 0 spiro atoms. The van der Waals surface area contributed by atoms with Crippen LogP contribution in [0.5, 0.6) is 0 Å². The van der Waals surface area contributed by atoms with E-state index in [-0.39, 0.29) is 16.4 Å². The van der Waals surface area contributed by atoms with Gasteiger partial charge in [-0.1, -0.05) is 27.7 Å². The number of aromatic nitrogens is 3. The lowest BCUT2D eigenvalue weighted by Crippen LogP contribution is -2.32. The molecule has 2 heterocycles. The fraction of sp³-hybridized carbons (Fsp3) is 0.556. The minimum Gasteiger partial charge on any atom is -0.286 e. The van der Waals surface area contributed by atoms with Crippen molar-refractivity contribution in [2.24, 2.45) is 5.18 Å². The molecule has 26 heavy (non-hydrogen) atoms. The van der Waals surface area contributed by atoms with Gasteiger partial charge < -0.3 is 0 Å². The molecule has 0 radical (unpaired) electrons. The Bertz CT molecular complexity index is 808. The van der Waals surface area contributed by atoms with Gasteiger partial charge in [0.2, 0.25) is 5.95 Å². The third-order valence-electron chi connectivity index (χ3n) is 5.00. The third kappa shape index (κ3) is 3.13. The lowest BCUT2D eigenvalue weighted by atomic mass is 9.69. The first kappa shape index (κ1) is 18.6. The van der Waals surface area contributed by atoms with Crippen molar-refractivity contribution in [1.29, 1.82) is 0 Å². The van der Waals surface area contributed by atoms with Crippen molar-refractivity contribution >= 4 is 28.3 Å². The fourth-order valence-electron chi connectivity index (χ4n) is 3.18. The Morgan fingerprint density at radius 2 is 1.81 bits per heavy atom. The second-order valence-electron chi connectivity index (χ2n) is 7.85. The Labute approximate surface area is 156 Å². The molecule has 0 aromatic carbocycles. The van der Waals surface area contributed by atoms with Crippen molar-refractivity contribution in [2.75, 3.05) is 11.4 Å². The average molecular weight is 373 g/mol. The van der Waals surface area contributed by atoms with Crippen molar-refractivity contribution in [3.8, 4) is 0 Å². The van der Waals surface area contributed by atoms with E-state index in [9.17, 15) is 9.70 Å². The summed E-state index contributed by atoms with van der Waals surface area (Å²) in [5, 5.41) is 3.25. The van der Waals surface area contributed by atoms with Crippen LogP contribution in [0.3, 0.4) is 0 Å². The summed E-state index contributed by atoms with van der Waals surface area (Å²) in [6.45, 7) is 11.7. The lowest BCUT2D eigenvalue weighted by Gasteiger charge is -2.37. The highest BCUT2D eigenvalue weighted by atomic mass is 32.1. The molecule has 0 N–H and O–H groups in total. The van der Waals surface area contributed by atoms with Crippen LogP contribution in [-0.4, -0.2) is 27.4 Å². The summed E-state index contributed by atoms with van der Waals surface area (Å²) in [5.74, 6) is -0.413. The lowest BCUT2D eigenvalue weighted by molar-refractivity contribution is 0.1000. The van der Waals surface area contributed by atoms with Gasteiger partial charge in [0, 0.05) is 39.8 Å². The van der Waals surface area contributed by atoms with Crippen LogP contribution in [0.25, 0.3) is 0 Å². The monoisotopic (exact) mass is 373 g/mol. The van der Waals surface area contributed by atoms with Crippen molar-refractivity contribution < 1.29 is 4.79 Å². The normalized spacial score (nSPS) is 17.4. The summed E-state index contributed by atoms with van der Waals surface area (Å²) in [6.07, 6.45) is 4.90. The molecule has 7 nitrogen and oxygen atoms in total. The van der Waals surface area contributed by atoms with E-state index in [0.29, 0.717) is 12.5 Å². The van der Waals surface area contributed by atoms with Crippen molar-refractivity contribution in [3.63, 3.8) is 0 Å². The molecule has 1 aliphatic carbocycles. The molecule has 2 aromatic heterocycles. The maximum atomic E-state index is 11.3. The highest BCUT2D eigenvalue weighted by Crippen LogP contribution is 2.49. The van der Waals surface area contributed by atoms with E-state index in [4.69, 9.17) is 4.98 Å². The largest absolute Gasteiger partial charge is 0.319 e. The van der Waals surface area contributed by atoms with Gasteiger partial charge in [-0.2, -0.15) is 0 Å². The first-order valence-corrected chi connectivity index (χ1v) is 9.50. The Kier molecular flexibility index (Phi) is 4.64. The number of anilines is 2. The van der Waals surface area contributed by atoms with Gasteiger partial charge in [0.15, 0.2) is 5.13 Å². The van der Waals surface area contributed by atoms with Crippen LogP contribution in [0, 0.1) is 4.91 Å². The first-order valence-electron chi connectivity index (χ1n) is 8.68. The van der Waals surface area contributed by atoms with Crippen molar-refractivity contribution in [2.45, 2.75) is 58.3 Å². The molecule has 138 valence electrons. The summed E-state index contributed by atoms with van der Waals surface area (Å²) >= 11 is 1.69. The quantitative estimate of drug-likeness (QED) is 0.740. The number of carbonyl (C=O) groups excluding carboxylic acids is 1. The van der Waals surface area contributed by atoms with Crippen LogP contribution in [-0.2, 0) is 10.8 Å². The van der Waals surface area contributed by atoms with Gasteiger partial charge in [-0.25, -0.2) is 15.0 Å². The number of thiazole rings is 1. The predicted molar refractivity (Wildman–Crippen MR) is 102 cm³/mol. The molecule has 0 saturated heterocycles. The van der Waals surface area contributed by atoms with E-state index in [1.165, 1.54) is 17.3 Å². The molecule has 2 aromatic rings. The number of nitrogens with zero attached hydrogens (tertiary/aromatic N) is 5. The molecular weight excluding hydrogens is 350 g/mol. The molecule has 0 saturated carbocycles. The maximum Gasteiger partial charge on any atom is 0.319 e. The van der Waals surface area contributed by atoms with E-state index < -0.39 is 5.91 Å². The Hall–Kier alpha value is -2.22. The molecule has 8 heteroatoms. The number of rotatable bonds is 4. The molecule has 0 atom stereocenters. The van der Waals surface area contributed by atoms with Crippen LogP contribution < -0.4 is 4.90 Å². The Balaban J connectivity index is 2.01. The second-order valence-corrected chi connectivity index (χ2v) is 8.83. The Morgan fingerprint density at radius 3 is 2.35 bits per heavy atom. The van der Waals surface area contributed by atoms with Gasteiger partial charge in [0.05, 0.1) is 11.3 Å². The third-order valence-corrected chi connectivity index (χ3v) is 6.45. The van der Waals surface area contributed by atoms with Gasteiger partial charge in [-0.3, -0.25) is 9.69 Å². The molecule has 1 amide bonds. The van der Waals surface area contributed by atoms with Crippen LogP contribution in [0.2, 0.25) is 0 Å². The van der Waals surface area contributed by atoms with Crippen LogP contribution in [0.4, 0.5) is 11.1 Å². The minimum atomic E-state index is -0.868. The van der Waals surface area contributed by atoms with E-state index in [0.717, 1.165) is 23.7 Å². The van der Waals surface area contributed by atoms with Gasteiger partial charge in [-0.05, 0) is 19.8 Å². The van der Waals surface area contributed by atoms with Crippen LogP contribution in [0.1, 0.15) is 68.4 Å². The SMILES string of the molecule is CCN(c1ncc(C(=O)N=O)cn1)c1nc2c(s1)C(C)(C)CCC2(C)C. The molecule has 0 unspecified atom stereocenters. The van der Waals surface area contributed by atoms with Crippen molar-refractivity contribution in [1.82, 2.24) is 15.0 Å². The molecule has 0 fully saturated rings. The summed E-state index contributed by atoms with van der Waals surface area (Å²) in [6, 6.07) is 0. The minimum absolute atomic E-state index is 0.0474. The van der Waals surface area contributed by atoms with E-state index in [2.05, 4.69) is 42.8 Å². The van der Waals surface area contributed by atoms with Gasteiger partial charge in [0.1, 0.15) is 0 Å². The number of carbonyl (C=O) groups is 1. The van der Waals surface area contributed by atoms with Crippen LogP contribution in [0.15, 0.2) is 17.6 Å². The van der Waals surface area contributed by atoms with Crippen molar-refractivity contribution in [3.05, 3.63) is 33.4 Å². The first-order chi connectivity index (χ1) is 12.2. The summed E-state index contributed by atoms with van der Waals surface area (Å²) in [5.41, 5.74) is 1.39. The summed E-state index contributed by atoms with van der Waals surface area (Å²) in [7, 11) is 0. The molecule has 1 aliphatic rings. The highest BCUT2D eigenvalue weighted by molar-refractivity contribution is 7.16. The number of hydrogen-bond acceptors (Lipinski definition) is 7. The molecule has 0 aliphatic heterocycles. The number of nitroso groups, excluding NO2 is 1. The smallest absolute Gasteiger partial charge is 0.286 e. The molecular formula is C18H23N5O2S. The van der Waals surface area contributed by atoms with E-state index in [1.807, 2.05) is 11.8 Å². The average Bonchev–Trinajstić information content (AvgIpc) is 3.07. The maximum absolute atomic E-state index is 11.3. The number of fused-ring (bicyclic) bond motifs is 1. The van der Waals surface area contributed by atoms with E-state index >= 15 is 0 Å². The summed E-state index contributed by atoms with van der Waals surface area (Å²) in [4.78, 5) is 38.4. The summed E-state index contributed by atoms with van der Waals surface area (Å²) < 4.78 is 0. The highest BCUT2D eigenvalue weighted by Gasteiger charge is 2.41. The zero-order valence-corrected chi connectivity index (χ0v) is 16.6. The predicted octanol–water partition coefficient (Wildman–Crippen LogP) is 4.35. The zero-order valence-electron chi connectivity index (χ0n) is 15.7. The number of hydrogen-bond donors (Lipinski definition) is 0. The van der Waals surface area contributed by atoms with E-state index in [1.54, 1.807) is 11.3 Å². The molecule has 3 rings (SSSR count). The van der Waals surface area contributed by atoms with Gasteiger partial charge in [-0.15, -0.1) is 16.2 Å². The zero-order chi connectivity index (χ0) is 19.1. The van der Waals surface area contributed by atoms with Gasteiger partial charge in [0.25, 0.3) is 0 Å². The topological polar surface area (TPSA) is 88.4 Å². The fourth-order valence-corrected chi connectivity index (χ4v) is 4.62. The standard InChI is InChI=1S/C18H23N5O2S/c1-6-23(15-19-9-11(10-20-15)14(24)22-25)16-21-12-13(26-16)18(4,5)8-7-17(12,2)3/h9-10H,6-8H2,1-5H3. The van der Waals surface area contributed by atoms with Crippen LogP contribution >= 0.6 is 11.3 Å².